The number of carbonyl (C=O) groups excluding carboxylic acids is 1. The molecule has 2 N–H and O–H groups in total. The Hall–Kier alpha value is -1.21. The van der Waals surface area contributed by atoms with Crippen molar-refractivity contribution in [1.82, 2.24) is 10.2 Å². The molecule has 1 aliphatic heterocycles. The normalized spacial score (nSPS) is 18.2. The van der Waals surface area contributed by atoms with Gasteiger partial charge in [0.15, 0.2) is 5.60 Å². The van der Waals surface area contributed by atoms with Crippen LogP contribution in [0, 0.1) is 17.3 Å². The summed E-state index contributed by atoms with van der Waals surface area (Å²) in [5, 5.41) is 12.7. The number of hydrogen-bond donors (Lipinski definition) is 2. The van der Waals surface area contributed by atoms with E-state index in [2.05, 4.69) is 17.2 Å². The van der Waals surface area contributed by atoms with Crippen LogP contribution in [0.5, 0.6) is 0 Å². The lowest BCUT2D eigenvalue weighted by Crippen LogP contribution is -2.64. The number of carbonyl (C=O) groups is 1. The molecule has 0 aromatic rings. The molecule has 0 aromatic heterocycles. The largest absolute Gasteiger partial charge is 0.374 e. The first-order valence-electron chi connectivity index (χ1n) is 5.55. The Balaban J connectivity index is 2.49. The Morgan fingerprint density at radius 3 is 2.50 bits per heavy atom. The maximum absolute atomic E-state index is 11.4. The van der Waals surface area contributed by atoms with E-state index in [4.69, 9.17) is 0 Å². The molecule has 1 saturated heterocycles. The van der Waals surface area contributed by atoms with Gasteiger partial charge in [-0.05, 0) is 27.7 Å². The van der Waals surface area contributed by atoms with Gasteiger partial charge in [-0.25, -0.2) is 4.79 Å². The quantitative estimate of drug-likeness (QED) is 0.648. The van der Waals surface area contributed by atoms with Gasteiger partial charge < -0.3 is 15.3 Å². The van der Waals surface area contributed by atoms with E-state index in [1.165, 1.54) is 0 Å². The average molecular weight is 224 g/mol. The standard InChI is InChI=1S/C12H20N2O2/c1-5-13-10(15)14-8-12(16,9-14)7-6-11(2,3)4/h16H,5,8-9H2,1-4H3,(H,13,15). The minimum atomic E-state index is -1.02. The molecule has 0 aromatic carbocycles. The number of hydrogen-bond acceptors (Lipinski definition) is 2. The van der Waals surface area contributed by atoms with E-state index in [0.29, 0.717) is 19.6 Å². The Morgan fingerprint density at radius 1 is 1.50 bits per heavy atom. The van der Waals surface area contributed by atoms with Crippen molar-refractivity contribution in [1.29, 1.82) is 0 Å². The monoisotopic (exact) mass is 224 g/mol. The maximum atomic E-state index is 11.4. The van der Waals surface area contributed by atoms with Crippen molar-refractivity contribution in [2.24, 2.45) is 5.41 Å². The van der Waals surface area contributed by atoms with Crippen molar-refractivity contribution in [3.63, 3.8) is 0 Å². The number of likely N-dealkylation sites (tertiary alicyclic amines) is 1. The van der Waals surface area contributed by atoms with Crippen LogP contribution in [0.2, 0.25) is 0 Å². The summed E-state index contributed by atoms with van der Waals surface area (Å²) in [4.78, 5) is 12.9. The molecule has 4 heteroatoms. The molecule has 0 atom stereocenters. The van der Waals surface area contributed by atoms with Gasteiger partial charge >= 0.3 is 6.03 Å². The molecule has 1 aliphatic rings. The van der Waals surface area contributed by atoms with Crippen LogP contribution >= 0.6 is 0 Å². The van der Waals surface area contributed by atoms with Crippen LogP contribution in [0.15, 0.2) is 0 Å². The molecule has 16 heavy (non-hydrogen) atoms. The maximum Gasteiger partial charge on any atom is 0.317 e. The van der Waals surface area contributed by atoms with Crippen molar-refractivity contribution >= 4 is 6.03 Å². The van der Waals surface area contributed by atoms with E-state index >= 15 is 0 Å². The van der Waals surface area contributed by atoms with Gasteiger partial charge in [0.05, 0.1) is 13.1 Å². The van der Waals surface area contributed by atoms with E-state index in [-0.39, 0.29) is 11.4 Å². The highest BCUT2D eigenvalue weighted by molar-refractivity contribution is 5.75. The summed E-state index contributed by atoms with van der Waals surface area (Å²) in [6.07, 6.45) is 0. The predicted molar refractivity (Wildman–Crippen MR) is 62.8 cm³/mol. The number of amides is 2. The van der Waals surface area contributed by atoms with Crippen LogP contribution < -0.4 is 5.32 Å². The van der Waals surface area contributed by atoms with Crippen LogP contribution in [-0.4, -0.2) is 41.3 Å². The topological polar surface area (TPSA) is 52.6 Å². The molecule has 0 unspecified atom stereocenters. The molecule has 0 radical (unpaired) electrons. The molecule has 1 heterocycles. The van der Waals surface area contributed by atoms with Crippen LogP contribution in [0.1, 0.15) is 27.7 Å². The van der Waals surface area contributed by atoms with Gasteiger partial charge in [0.25, 0.3) is 0 Å². The van der Waals surface area contributed by atoms with Gasteiger partial charge in [-0.1, -0.05) is 11.8 Å². The highest BCUT2D eigenvalue weighted by atomic mass is 16.3. The lowest BCUT2D eigenvalue weighted by atomic mass is 9.91. The second-order valence-corrected chi connectivity index (χ2v) is 5.22. The Labute approximate surface area is 97.0 Å². The molecule has 1 fully saturated rings. The molecule has 90 valence electrons. The first kappa shape index (κ1) is 12.9. The SMILES string of the molecule is CCNC(=O)N1CC(O)(C#CC(C)(C)C)C1. The Bertz CT molecular complexity index is 327. The van der Waals surface area contributed by atoms with Crippen molar-refractivity contribution in [2.75, 3.05) is 19.6 Å². The van der Waals surface area contributed by atoms with E-state index < -0.39 is 5.60 Å². The zero-order valence-electron chi connectivity index (χ0n) is 10.4. The zero-order valence-corrected chi connectivity index (χ0v) is 10.4. The van der Waals surface area contributed by atoms with Crippen molar-refractivity contribution in [2.45, 2.75) is 33.3 Å². The van der Waals surface area contributed by atoms with Gasteiger partial charge in [-0.2, -0.15) is 0 Å². The number of β-amino-alcohol motifs (C(OH)–C–C–N with tert-alkyl or cyclic N) is 1. The van der Waals surface area contributed by atoms with Gasteiger partial charge in [-0.3, -0.25) is 0 Å². The summed E-state index contributed by atoms with van der Waals surface area (Å²) >= 11 is 0. The van der Waals surface area contributed by atoms with Crippen LogP contribution in [0.3, 0.4) is 0 Å². The number of urea groups is 1. The Morgan fingerprint density at radius 2 is 2.06 bits per heavy atom. The van der Waals surface area contributed by atoms with Crippen molar-refractivity contribution < 1.29 is 9.90 Å². The van der Waals surface area contributed by atoms with Crippen LogP contribution in [0.4, 0.5) is 4.79 Å². The summed E-state index contributed by atoms with van der Waals surface area (Å²) < 4.78 is 0. The molecule has 0 spiro atoms. The fraction of sp³-hybridized carbons (Fsp3) is 0.750. The first-order chi connectivity index (χ1) is 7.26. The lowest BCUT2D eigenvalue weighted by molar-refractivity contribution is -0.0294. The highest BCUT2D eigenvalue weighted by Crippen LogP contribution is 2.21. The van der Waals surface area contributed by atoms with Crippen molar-refractivity contribution in [3.8, 4) is 11.8 Å². The number of nitrogens with zero attached hydrogens (tertiary/aromatic N) is 1. The molecular formula is C12H20N2O2. The minimum Gasteiger partial charge on any atom is -0.374 e. The molecule has 0 bridgehead atoms. The van der Waals surface area contributed by atoms with Gasteiger partial charge in [0, 0.05) is 12.0 Å². The lowest BCUT2D eigenvalue weighted by Gasteiger charge is -2.43. The fourth-order valence-electron chi connectivity index (χ4n) is 1.37. The van der Waals surface area contributed by atoms with Crippen molar-refractivity contribution in [3.05, 3.63) is 0 Å². The van der Waals surface area contributed by atoms with E-state index in [9.17, 15) is 9.90 Å². The number of nitrogens with one attached hydrogen (secondary N) is 1. The fourth-order valence-corrected chi connectivity index (χ4v) is 1.37. The molecule has 0 aliphatic carbocycles. The van der Waals surface area contributed by atoms with Crippen LogP contribution in [0.25, 0.3) is 0 Å². The van der Waals surface area contributed by atoms with E-state index in [0.717, 1.165) is 0 Å². The summed E-state index contributed by atoms with van der Waals surface area (Å²) in [5.74, 6) is 5.84. The molecule has 0 saturated carbocycles. The van der Waals surface area contributed by atoms with Gasteiger partial charge in [0.2, 0.25) is 0 Å². The molecule has 2 amide bonds. The van der Waals surface area contributed by atoms with Crippen LogP contribution in [-0.2, 0) is 0 Å². The summed E-state index contributed by atoms with van der Waals surface area (Å²) in [6, 6.07) is -0.135. The average Bonchev–Trinajstić information content (AvgIpc) is 2.09. The summed E-state index contributed by atoms with van der Waals surface area (Å²) in [7, 11) is 0. The van der Waals surface area contributed by atoms with Gasteiger partial charge in [0.1, 0.15) is 0 Å². The molecule has 1 rings (SSSR count). The van der Waals surface area contributed by atoms with E-state index in [1.54, 1.807) is 4.90 Å². The number of rotatable bonds is 1. The summed E-state index contributed by atoms with van der Waals surface area (Å²) in [6.45, 7) is 9.02. The molecular weight excluding hydrogens is 204 g/mol. The Kier molecular flexibility index (Phi) is 3.49. The zero-order chi connectivity index (χ0) is 12.4. The first-order valence-corrected chi connectivity index (χ1v) is 5.55. The third-order valence-corrected chi connectivity index (χ3v) is 2.19. The van der Waals surface area contributed by atoms with E-state index in [1.807, 2.05) is 27.7 Å². The minimum absolute atomic E-state index is 0.123. The molecule has 4 nitrogen and oxygen atoms in total. The predicted octanol–water partition coefficient (Wildman–Crippen LogP) is 0.812. The smallest absolute Gasteiger partial charge is 0.317 e. The second kappa shape index (κ2) is 4.34. The second-order valence-electron chi connectivity index (χ2n) is 5.22. The third-order valence-electron chi connectivity index (χ3n) is 2.19. The summed E-state index contributed by atoms with van der Waals surface area (Å²) in [5.41, 5.74) is -1.14. The highest BCUT2D eigenvalue weighted by Gasteiger charge is 2.42. The van der Waals surface area contributed by atoms with Gasteiger partial charge in [-0.15, -0.1) is 0 Å². The number of aliphatic hydroxyl groups is 1. The third kappa shape index (κ3) is 3.42.